The normalized spacial score (nSPS) is 20.4. The number of hydrogen-bond donors (Lipinski definition) is 1. The smallest absolute Gasteiger partial charge is 0.225 e. The van der Waals surface area contributed by atoms with Gasteiger partial charge in [0.25, 0.3) is 0 Å². The van der Waals surface area contributed by atoms with E-state index in [4.69, 9.17) is 4.74 Å². The van der Waals surface area contributed by atoms with E-state index >= 15 is 0 Å². The van der Waals surface area contributed by atoms with Gasteiger partial charge in [-0.1, -0.05) is 18.2 Å². The Morgan fingerprint density at radius 3 is 2.82 bits per heavy atom. The van der Waals surface area contributed by atoms with Gasteiger partial charge < -0.3 is 15.0 Å². The minimum Gasteiger partial charge on any atom is -0.494 e. The van der Waals surface area contributed by atoms with Gasteiger partial charge in [-0.05, 0) is 20.0 Å². The number of benzene rings is 1. The fourth-order valence-electron chi connectivity index (χ4n) is 2.93. The molecule has 0 spiro atoms. The number of rotatable bonds is 5. The lowest BCUT2D eigenvalue weighted by atomic mass is 10.1. The largest absolute Gasteiger partial charge is 0.494 e. The number of likely N-dealkylation sites (N-methyl/N-ethyl adjacent to an activating group) is 1. The summed E-state index contributed by atoms with van der Waals surface area (Å²) < 4.78 is 5.71. The van der Waals surface area contributed by atoms with Crippen LogP contribution in [0.4, 0.5) is 0 Å². The standard InChI is InChI=1S/C17H27N3O2/c1-4-22-16-8-6-5-7-14(16)12-20-10-9-19(3)11-15(13-20)17(21)18-2/h5-8,15H,4,9-13H2,1-3H3,(H,18,21). The number of carbonyl (C=O) groups excluding carboxylic acids is 1. The van der Waals surface area contributed by atoms with E-state index < -0.39 is 0 Å². The Morgan fingerprint density at radius 1 is 1.32 bits per heavy atom. The summed E-state index contributed by atoms with van der Waals surface area (Å²) in [7, 11) is 3.79. The number of nitrogens with zero attached hydrogens (tertiary/aromatic N) is 2. The Morgan fingerprint density at radius 2 is 2.09 bits per heavy atom. The van der Waals surface area contributed by atoms with E-state index in [-0.39, 0.29) is 11.8 Å². The Kier molecular flexibility index (Phi) is 6.21. The van der Waals surface area contributed by atoms with Crippen LogP contribution in [0.15, 0.2) is 24.3 Å². The predicted octanol–water partition coefficient (Wildman–Crippen LogP) is 1.19. The molecule has 1 aromatic carbocycles. The predicted molar refractivity (Wildman–Crippen MR) is 87.9 cm³/mol. The molecule has 1 fully saturated rings. The highest BCUT2D eigenvalue weighted by Gasteiger charge is 2.26. The first-order chi connectivity index (χ1) is 10.6. The third-order valence-electron chi connectivity index (χ3n) is 4.09. The molecule has 0 bridgehead atoms. The fourth-order valence-corrected chi connectivity index (χ4v) is 2.93. The Balaban J connectivity index is 2.09. The Hall–Kier alpha value is -1.59. The molecule has 5 heteroatoms. The van der Waals surface area contributed by atoms with Gasteiger partial charge in [-0.25, -0.2) is 0 Å². The number of ether oxygens (including phenoxy) is 1. The van der Waals surface area contributed by atoms with Gasteiger partial charge in [0.1, 0.15) is 5.75 Å². The molecule has 1 aliphatic heterocycles. The topological polar surface area (TPSA) is 44.8 Å². The first-order valence-electron chi connectivity index (χ1n) is 7.97. The SMILES string of the molecule is CCOc1ccccc1CN1CCN(C)CC(C(=O)NC)C1. The molecule has 0 aromatic heterocycles. The molecule has 22 heavy (non-hydrogen) atoms. The lowest BCUT2D eigenvalue weighted by Crippen LogP contribution is -2.39. The third kappa shape index (κ3) is 4.45. The van der Waals surface area contributed by atoms with Gasteiger partial charge in [0, 0.05) is 45.3 Å². The van der Waals surface area contributed by atoms with Gasteiger partial charge in [-0.3, -0.25) is 9.69 Å². The maximum Gasteiger partial charge on any atom is 0.225 e. The van der Waals surface area contributed by atoms with Gasteiger partial charge in [-0.2, -0.15) is 0 Å². The molecular formula is C17H27N3O2. The van der Waals surface area contributed by atoms with Crippen molar-refractivity contribution in [1.29, 1.82) is 0 Å². The molecule has 1 aliphatic rings. The van der Waals surface area contributed by atoms with Crippen LogP contribution in [0.3, 0.4) is 0 Å². The van der Waals surface area contributed by atoms with E-state index in [1.54, 1.807) is 7.05 Å². The van der Waals surface area contributed by atoms with Crippen molar-refractivity contribution in [2.75, 3.05) is 46.9 Å². The molecule has 1 saturated heterocycles. The van der Waals surface area contributed by atoms with Gasteiger partial charge in [0.05, 0.1) is 12.5 Å². The maximum atomic E-state index is 12.0. The van der Waals surface area contributed by atoms with Crippen LogP contribution >= 0.6 is 0 Å². The number of para-hydroxylation sites is 1. The number of hydrogen-bond acceptors (Lipinski definition) is 4. The average Bonchev–Trinajstić information content (AvgIpc) is 2.71. The van der Waals surface area contributed by atoms with E-state index in [2.05, 4.69) is 28.2 Å². The van der Waals surface area contributed by atoms with Crippen LogP contribution in [0.1, 0.15) is 12.5 Å². The summed E-state index contributed by atoms with van der Waals surface area (Å²) in [6.45, 7) is 7.01. The highest BCUT2D eigenvalue weighted by Crippen LogP contribution is 2.21. The summed E-state index contributed by atoms with van der Waals surface area (Å²) in [5.74, 6) is 1.08. The zero-order valence-electron chi connectivity index (χ0n) is 13.8. The monoisotopic (exact) mass is 305 g/mol. The number of carbonyl (C=O) groups is 1. The second-order valence-electron chi connectivity index (χ2n) is 5.85. The second kappa shape index (κ2) is 8.15. The van der Waals surface area contributed by atoms with Crippen LogP contribution in [-0.2, 0) is 11.3 Å². The van der Waals surface area contributed by atoms with Crippen molar-refractivity contribution in [2.45, 2.75) is 13.5 Å². The molecule has 5 nitrogen and oxygen atoms in total. The van der Waals surface area contributed by atoms with Crippen LogP contribution in [0.2, 0.25) is 0 Å². The highest BCUT2D eigenvalue weighted by molar-refractivity contribution is 5.78. The Labute approximate surface area is 133 Å². The van der Waals surface area contributed by atoms with Crippen LogP contribution in [0.25, 0.3) is 0 Å². The number of amides is 1. The van der Waals surface area contributed by atoms with E-state index in [1.807, 2.05) is 25.1 Å². The van der Waals surface area contributed by atoms with Crippen molar-refractivity contribution >= 4 is 5.91 Å². The summed E-state index contributed by atoms with van der Waals surface area (Å²) in [5.41, 5.74) is 1.18. The average molecular weight is 305 g/mol. The van der Waals surface area contributed by atoms with Crippen molar-refractivity contribution in [3.8, 4) is 5.75 Å². The zero-order chi connectivity index (χ0) is 15.9. The molecule has 1 unspecified atom stereocenters. The third-order valence-corrected chi connectivity index (χ3v) is 4.09. The van der Waals surface area contributed by atoms with Crippen LogP contribution in [-0.4, -0.2) is 62.6 Å². The van der Waals surface area contributed by atoms with Crippen LogP contribution < -0.4 is 10.1 Å². The van der Waals surface area contributed by atoms with Gasteiger partial charge in [0.2, 0.25) is 5.91 Å². The van der Waals surface area contributed by atoms with Crippen molar-refractivity contribution in [3.05, 3.63) is 29.8 Å². The summed E-state index contributed by atoms with van der Waals surface area (Å²) in [6, 6.07) is 8.16. The van der Waals surface area contributed by atoms with Gasteiger partial charge in [0.15, 0.2) is 0 Å². The summed E-state index contributed by atoms with van der Waals surface area (Å²) in [4.78, 5) is 16.6. The number of nitrogens with one attached hydrogen (secondary N) is 1. The fraction of sp³-hybridized carbons (Fsp3) is 0.588. The van der Waals surface area contributed by atoms with Gasteiger partial charge in [-0.15, -0.1) is 0 Å². The Bertz CT molecular complexity index is 493. The van der Waals surface area contributed by atoms with Crippen molar-refractivity contribution < 1.29 is 9.53 Å². The van der Waals surface area contributed by atoms with Crippen molar-refractivity contribution in [2.24, 2.45) is 5.92 Å². The molecule has 0 radical (unpaired) electrons. The summed E-state index contributed by atoms with van der Waals surface area (Å²) in [6.07, 6.45) is 0. The van der Waals surface area contributed by atoms with E-state index in [0.29, 0.717) is 6.61 Å². The molecule has 1 heterocycles. The minimum atomic E-state index is 0.0109. The lowest BCUT2D eigenvalue weighted by molar-refractivity contribution is -0.125. The molecule has 0 aliphatic carbocycles. The molecule has 2 rings (SSSR count). The van der Waals surface area contributed by atoms with E-state index in [0.717, 1.165) is 38.5 Å². The van der Waals surface area contributed by atoms with Crippen LogP contribution in [0, 0.1) is 5.92 Å². The lowest BCUT2D eigenvalue weighted by Gasteiger charge is -2.24. The minimum absolute atomic E-state index is 0.0109. The summed E-state index contributed by atoms with van der Waals surface area (Å²) in [5, 5.41) is 2.78. The quantitative estimate of drug-likeness (QED) is 0.888. The molecular weight excluding hydrogens is 278 g/mol. The second-order valence-corrected chi connectivity index (χ2v) is 5.85. The first kappa shape index (κ1) is 16.8. The van der Waals surface area contributed by atoms with E-state index in [1.165, 1.54) is 5.56 Å². The zero-order valence-corrected chi connectivity index (χ0v) is 13.8. The molecule has 0 saturated carbocycles. The molecule has 1 N–H and O–H groups in total. The highest BCUT2D eigenvalue weighted by atomic mass is 16.5. The van der Waals surface area contributed by atoms with E-state index in [9.17, 15) is 4.79 Å². The van der Waals surface area contributed by atoms with Gasteiger partial charge >= 0.3 is 0 Å². The molecule has 1 aromatic rings. The van der Waals surface area contributed by atoms with Crippen LogP contribution in [0.5, 0.6) is 5.75 Å². The maximum absolute atomic E-state index is 12.0. The summed E-state index contributed by atoms with van der Waals surface area (Å²) >= 11 is 0. The molecule has 1 amide bonds. The molecule has 1 atom stereocenters. The van der Waals surface area contributed by atoms with Crippen molar-refractivity contribution in [1.82, 2.24) is 15.1 Å². The molecule has 122 valence electrons. The first-order valence-corrected chi connectivity index (χ1v) is 7.97. The van der Waals surface area contributed by atoms with Crippen molar-refractivity contribution in [3.63, 3.8) is 0 Å².